The van der Waals surface area contributed by atoms with Crippen LogP contribution in [0.15, 0.2) is 22.8 Å². The number of aryl methyl sites for hydroxylation is 1. The van der Waals surface area contributed by atoms with Gasteiger partial charge >= 0.3 is 0 Å². The summed E-state index contributed by atoms with van der Waals surface area (Å²) in [4.78, 5) is 17.5. The first-order valence-corrected chi connectivity index (χ1v) is 7.76. The lowest BCUT2D eigenvalue weighted by Gasteiger charge is -2.17. The van der Waals surface area contributed by atoms with Crippen LogP contribution in [0.3, 0.4) is 0 Å². The van der Waals surface area contributed by atoms with Crippen LogP contribution in [-0.2, 0) is 0 Å². The number of furan rings is 1. The fraction of sp³-hybridized carbons (Fsp3) is 0.467. The molecule has 0 fully saturated rings. The Hall–Kier alpha value is -1.66. The molecule has 0 aliphatic heterocycles. The monoisotopic (exact) mass is 308 g/mol. The van der Waals surface area contributed by atoms with Gasteiger partial charge in [-0.3, -0.25) is 4.79 Å². The summed E-state index contributed by atoms with van der Waals surface area (Å²) in [5, 5.41) is 12.9. The van der Waals surface area contributed by atoms with Gasteiger partial charge in [-0.25, -0.2) is 4.98 Å². The molecule has 2 N–H and O–H groups in total. The lowest BCUT2D eigenvalue weighted by atomic mass is 10.0. The molecule has 5 nitrogen and oxygen atoms in total. The van der Waals surface area contributed by atoms with Crippen molar-refractivity contribution < 1.29 is 14.3 Å². The normalized spacial score (nSPS) is 12.6. The van der Waals surface area contributed by atoms with E-state index in [0.29, 0.717) is 22.4 Å². The molecule has 0 aliphatic carbocycles. The molecule has 0 radical (unpaired) electrons. The smallest absolute Gasteiger partial charge is 0.271 e. The highest BCUT2D eigenvalue weighted by molar-refractivity contribution is 7.15. The molecule has 1 unspecified atom stereocenters. The summed E-state index contributed by atoms with van der Waals surface area (Å²) in [6, 6.07) is 3.36. The standard InChI is InChI=1S/C15H20N2O3S/c1-9(2)7-11(8-18)16-14(19)13-10(3)21-15(17-13)12-5-4-6-20-12/h4-6,9,11,18H,7-8H2,1-3H3,(H,16,19). The molecule has 0 aromatic carbocycles. The Kier molecular flexibility index (Phi) is 5.14. The number of nitrogens with zero attached hydrogens (tertiary/aromatic N) is 1. The minimum atomic E-state index is -0.249. The van der Waals surface area contributed by atoms with Crippen LogP contribution in [0.1, 0.15) is 35.6 Å². The van der Waals surface area contributed by atoms with E-state index in [4.69, 9.17) is 4.42 Å². The van der Waals surface area contributed by atoms with Crippen molar-refractivity contribution in [3.05, 3.63) is 29.0 Å². The summed E-state index contributed by atoms with van der Waals surface area (Å²) >= 11 is 1.42. The Bertz CT molecular complexity index is 590. The summed E-state index contributed by atoms with van der Waals surface area (Å²) in [5.74, 6) is 0.807. The molecule has 2 rings (SSSR count). The summed E-state index contributed by atoms with van der Waals surface area (Å²) in [5.41, 5.74) is 0.397. The molecule has 2 aromatic rings. The Morgan fingerprint density at radius 2 is 2.29 bits per heavy atom. The second-order valence-corrected chi connectivity index (χ2v) is 6.59. The van der Waals surface area contributed by atoms with Gasteiger partial charge in [0.25, 0.3) is 5.91 Å². The molecular formula is C15H20N2O3S. The number of aliphatic hydroxyl groups is 1. The quantitative estimate of drug-likeness (QED) is 0.860. The fourth-order valence-electron chi connectivity index (χ4n) is 2.11. The van der Waals surface area contributed by atoms with Crippen LogP contribution in [0.4, 0.5) is 0 Å². The number of hydrogen-bond acceptors (Lipinski definition) is 5. The zero-order chi connectivity index (χ0) is 15.4. The summed E-state index contributed by atoms with van der Waals surface area (Å²) in [6.45, 7) is 5.89. The van der Waals surface area contributed by atoms with Gasteiger partial charge in [-0.2, -0.15) is 0 Å². The molecule has 0 aliphatic rings. The number of aliphatic hydroxyl groups excluding tert-OH is 1. The summed E-state index contributed by atoms with van der Waals surface area (Å²) < 4.78 is 5.30. The average Bonchev–Trinajstić information content (AvgIpc) is 3.05. The van der Waals surface area contributed by atoms with Crippen LogP contribution in [-0.4, -0.2) is 28.6 Å². The van der Waals surface area contributed by atoms with Crippen LogP contribution in [0.2, 0.25) is 0 Å². The molecule has 6 heteroatoms. The molecule has 2 aromatic heterocycles. The number of carbonyl (C=O) groups is 1. The van der Waals surface area contributed by atoms with Gasteiger partial charge in [0.05, 0.1) is 18.9 Å². The zero-order valence-electron chi connectivity index (χ0n) is 12.4. The number of thiazole rings is 1. The van der Waals surface area contributed by atoms with Crippen molar-refractivity contribution in [3.63, 3.8) is 0 Å². The van der Waals surface area contributed by atoms with E-state index >= 15 is 0 Å². The maximum Gasteiger partial charge on any atom is 0.271 e. The minimum absolute atomic E-state index is 0.0713. The van der Waals surface area contributed by atoms with Crippen molar-refractivity contribution in [2.45, 2.75) is 33.2 Å². The highest BCUT2D eigenvalue weighted by Crippen LogP contribution is 2.27. The van der Waals surface area contributed by atoms with Crippen molar-refractivity contribution >= 4 is 17.2 Å². The van der Waals surface area contributed by atoms with Crippen LogP contribution in [0.5, 0.6) is 0 Å². The first kappa shape index (κ1) is 15.7. The van der Waals surface area contributed by atoms with Crippen LogP contribution >= 0.6 is 11.3 Å². The van der Waals surface area contributed by atoms with Gasteiger partial charge in [0.1, 0.15) is 5.69 Å². The Balaban J connectivity index is 2.12. The maximum atomic E-state index is 12.3. The minimum Gasteiger partial charge on any atom is -0.462 e. The number of amides is 1. The van der Waals surface area contributed by atoms with Gasteiger partial charge < -0.3 is 14.8 Å². The van der Waals surface area contributed by atoms with E-state index in [-0.39, 0.29) is 18.6 Å². The predicted octanol–water partition coefficient (Wildman–Crippen LogP) is 2.85. The molecular weight excluding hydrogens is 288 g/mol. The SMILES string of the molecule is Cc1sc(-c2ccco2)nc1C(=O)NC(CO)CC(C)C. The van der Waals surface area contributed by atoms with Crippen molar-refractivity contribution in [1.82, 2.24) is 10.3 Å². The largest absolute Gasteiger partial charge is 0.462 e. The van der Waals surface area contributed by atoms with Gasteiger partial charge in [-0.15, -0.1) is 11.3 Å². The van der Waals surface area contributed by atoms with E-state index in [1.807, 2.05) is 13.0 Å². The first-order chi connectivity index (χ1) is 10.0. The van der Waals surface area contributed by atoms with E-state index < -0.39 is 0 Å². The number of rotatable bonds is 6. The van der Waals surface area contributed by atoms with E-state index in [1.54, 1.807) is 12.3 Å². The molecule has 0 spiro atoms. The molecule has 0 saturated carbocycles. The molecule has 21 heavy (non-hydrogen) atoms. The molecule has 2 heterocycles. The third-order valence-electron chi connectivity index (χ3n) is 3.06. The van der Waals surface area contributed by atoms with Gasteiger partial charge in [-0.05, 0) is 31.4 Å². The molecule has 0 bridgehead atoms. The highest BCUT2D eigenvalue weighted by Gasteiger charge is 2.20. The number of hydrogen-bond donors (Lipinski definition) is 2. The fourth-order valence-corrected chi connectivity index (χ4v) is 2.99. The third-order valence-corrected chi connectivity index (χ3v) is 4.04. The average molecular weight is 308 g/mol. The van der Waals surface area contributed by atoms with Gasteiger partial charge in [0, 0.05) is 4.88 Å². The predicted molar refractivity (Wildman–Crippen MR) is 82.3 cm³/mol. The highest BCUT2D eigenvalue weighted by atomic mass is 32.1. The Morgan fingerprint density at radius 1 is 1.52 bits per heavy atom. The van der Waals surface area contributed by atoms with Crippen molar-refractivity contribution in [2.24, 2.45) is 5.92 Å². The lowest BCUT2D eigenvalue weighted by Crippen LogP contribution is -2.38. The topological polar surface area (TPSA) is 75.4 Å². The Morgan fingerprint density at radius 3 is 2.86 bits per heavy atom. The van der Waals surface area contributed by atoms with Crippen molar-refractivity contribution in [3.8, 4) is 10.8 Å². The Labute approximate surface area is 128 Å². The van der Waals surface area contributed by atoms with E-state index in [2.05, 4.69) is 24.1 Å². The van der Waals surface area contributed by atoms with Crippen LogP contribution < -0.4 is 5.32 Å². The third kappa shape index (κ3) is 3.92. The lowest BCUT2D eigenvalue weighted by molar-refractivity contribution is 0.0903. The van der Waals surface area contributed by atoms with Crippen molar-refractivity contribution in [1.29, 1.82) is 0 Å². The van der Waals surface area contributed by atoms with Crippen LogP contribution in [0, 0.1) is 12.8 Å². The van der Waals surface area contributed by atoms with E-state index in [1.165, 1.54) is 11.3 Å². The van der Waals surface area contributed by atoms with Crippen molar-refractivity contribution in [2.75, 3.05) is 6.61 Å². The first-order valence-electron chi connectivity index (χ1n) is 6.94. The summed E-state index contributed by atoms with van der Waals surface area (Å²) in [7, 11) is 0. The molecule has 0 saturated heterocycles. The number of carbonyl (C=O) groups excluding carboxylic acids is 1. The molecule has 1 amide bonds. The molecule has 1 atom stereocenters. The van der Waals surface area contributed by atoms with Gasteiger partial charge in [0.2, 0.25) is 0 Å². The number of aromatic nitrogens is 1. The van der Waals surface area contributed by atoms with Crippen LogP contribution in [0.25, 0.3) is 10.8 Å². The van der Waals surface area contributed by atoms with Gasteiger partial charge in [-0.1, -0.05) is 13.8 Å². The molecule has 114 valence electrons. The second kappa shape index (κ2) is 6.87. The summed E-state index contributed by atoms with van der Waals surface area (Å²) in [6.07, 6.45) is 2.31. The van der Waals surface area contributed by atoms with Gasteiger partial charge in [0.15, 0.2) is 10.8 Å². The van der Waals surface area contributed by atoms with E-state index in [9.17, 15) is 9.90 Å². The maximum absolute atomic E-state index is 12.3. The second-order valence-electron chi connectivity index (χ2n) is 5.38. The van der Waals surface area contributed by atoms with E-state index in [0.717, 1.165) is 11.3 Å². The number of nitrogens with one attached hydrogen (secondary N) is 1. The zero-order valence-corrected chi connectivity index (χ0v) is 13.2.